The van der Waals surface area contributed by atoms with E-state index >= 15 is 0 Å². The summed E-state index contributed by atoms with van der Waals surface area (Å²) >= 11 is 3.26. The van der Waals surface area contributed by atoms with Crippen LogP contribution in [0.3, 0.4) is 0 Å². The molecular formula is C10H15BrO4. The van der Waals surface area contributed by atoms with Crippen LogP contribution in [0.4, 0.5) is 0 Å². The molecule has 0 spiro atoms. The number of hydrogen-bond acceptors (Lipinski definition) is 2. The molecule has 0 amide bonds. The van der Waals surface area contributed by atoms with Crippen LogP contribution in [-0.2, 0) is 9.59 Å². The highest BCUT2D eigenvalue weighted by atomic mass is 79.9. The van der Waals surface area contributed by atoms with E-state index in [1.54, 1.807) is 13.8 Å². The molecule has 0 aromatic heterocycles. The van der Waals surface area contributed by atoms with E-state index < -0.39 is 28.7 Å². The Kier molecular flexibility index (Phi) is 3.14. The maximum Gasteiger partial charge on any atom is 0.309 e. The van der Waals surface area contributed by atoms with E-state index in [1.807, 2.05) is 0 Å². The quantitative estimate of drug-likeness (QED) is 0.774. The number of carboxylic acids is 2. The zero-order valence-corrected chi connectivity index (χ0v) is 10.4. The van der Waals surface area contributed by atoms with Gasteiger partial charge in [0.2, 0.25) is 0 Å². The number of carboxylic acid groups (broad SMARTS) is 2. The van der Waals surface area contributed by atoms with Crippen molar-refractivity contribution in [3.63, 3.8) is 0 Å². The fraction of sp³-hybridized carbons (Fsp3) is 0.800. The Morgan fingerprint density at radius 2 is 1.93 bits per heavy atom. The lowest BCUT2D eigenvalue weighted by Gasteiger charge is -2.38. The van der Waals surface area contributed by atoms with Crippen LogP contribution in [0.2, 0.25) is 0 Å². The fourth-order valence-corrected chi connectivity index (χ4v) is 3.42. The summed E-state index contributed by atoms with van der Waals surface area (Å²) < 4.78 is 0. The van der Waals surface area contributed by atoms with E-state index in [0.717, 1.165) is 0 Å². The summed E-state index contributed by atoms with van der Waals surface area (Å²) in [5.74, 6) is -2.40. The van der Waals surface area contributed by atoms with Crippen molar-refractivity contribution < 1.29 is 19.8 Å². The third-order valence-electron chi connectivity index (χ3n) is 4.01. The average Bonchev–Trinajstić information content (AvgIpc) is 2.42. The molecule has 1 fully saturated rings. The molecule has 1 aliphatic carbocycles. The molecule has 0 bridgehead atoms. The normalized spacial score (nSPS) is 40.3. The first kappa shape index (κ1) is 12.5. The molecule has 0 saturated heterocycles. The Morgan fingerprint density at radius 3 is 2.27 bits per heavy atom. The summed E-state index contributed by atoms with van der Waals surface area (Å²) in [4.78, 5) is 22.3. The Hall–Kier alpha value is -0.580. The van der Waals surface area contributed by atoms with Gasteiger partial charge in [-0.15, -0.1) is 0 Å². The van der Waals surface area contributed by atoms with Crippen LogP contribution in [0.5, 0.6) is 0 Å². The molecule has 2 N–H and O–H groups in total. The summed E-state index contributed by atoms with van der Waals surface area (Å²) in [5, 5.41) is 18.7. The van der Waals surface area contributed by atoms with Gasteiger partial charge in [-0.3, -0.25) is 9.59 Å². The van der Waals surface area contributed by atoms with Gasteiger partial charge in [-0.2, -0.15) is 0 Å². The molecule has 0 radical (unpaired) electrons. The summed E-state index contributed by atoms with van der Waals surface area (Å²) in [7, 11) is 0. The van der Waals surface area contributed by atoms with E-state index in [4.69, 9.17) is 5.11 Å². The maximum absolute atomic E-state index is 11.3. The summed E-state index contributed by atoms with van der Waals surface area (Å²) in [6, 6.07) is 0. The van der Waals surface area contributed by atoms with Crippen molar-refractivity contribution >= 4 is 27.9 Å². The molecule has 15 heavy (non-hydrogen) atoms. The first-order valence-corrected chi connectivity index (χ1v) is 5.94. The second kappa shape index (κ2) is 3.77. The van der Waals surface area contributed by atoms with E-state index in [9.17, 15) is 14.7 Å². The van der Waals surface area contributed by atoms with Crippen molar-refractivity contribution in [3.05, 3.63) is 0 Å². The predicted molar refractivity (Wildman–Crippen MR) is 58.0 cm³/mol. The highest BCUT2D eigenvalue weighted by Crippen LogP contribution is 2.57. The lowest BCUT2D eigenvalue weighted by atomic mass is 9.66. The number of aliphatic carboxylic acids is 2. The molecule has 5 heteroatoms. The van der Waals surface area contributed by atoms with Gasteiger partial charge in [-0.05, 0) is 19.8 Å². The standard InChI is InChI=1S/C10H15BrO4/c1-9(8(14)15)4-3-6(7(12)13)10(9,2)5-11/h6H,3-5H2,1-2H3,(H,12,13)(H,14,15)/t6-,9+,10-/m0/s1. The molecule has 1 aliphatic rings. The number of carbonyl (C=O) groups is 2. The van der Waals surface area contributed by atoms with Crippen LogP contribution >= 0.6 is 15.9 Å². The van der Waals surface area contributed by atoms with Gasteiger partial charge >= 0.3 is 11.9 Å². The highest BCUT2D eigenvalue weighted by Gasteiger charge is 2.60. The van der Waals surface area contributed by atoms with Gasteiger partial charge in [-0.25, -0.2) is 0 Å². The van der Waals surface area contributed by atoms with Crippen LogP contribution in [0.1, 0.15) is 26.7 Å². The van der Waals surface area contributed by atoms with E-state index in [0.29, 0.717) is 18.2 Å². The first-order chi connectivity index (χ1) is 6.79. The van der Waals surface area contributed by atoms with Crippen molar-refractivity contribution in [2.24, 2.45) is 16.7 Å². The molecule has 0 heterocycles. The topological polar surface area (TPSA) is 74.6 Å². The molecule has 0 aromatic rings. The van der Waals surface area contributed by atoms with E-state index in [2.05, 4.69) is 15.9 Å². The number of hydrogen-bond donors (Lipinski definition) is 2. The Balaban J connectivity index is 3.16. The lowest BCUT2D eigenvalue weighted by molar-refractivity contribution is -0.157. The smallest absolute Gasteiger partial charge is 0.309 e. The summed E-state index contributed by atoms with van der Waals surface area (Å²) in [6.45, 7) is 3.38. The molecule has 3 atom stereocenters. The predicted octanol–water partition coefficient (Wildman–Crippen LogP) is 1.97. The number of halogens is 1. The zero-order valence-electron chi connectivity index (χ0n) is 8.79. The molecular weight excluding hydrogens is 264 g/mol. The largest absolute Gasteiger partial charge is 0.481 e. The van der Waals surface area contributed by atoms with Crippen molar-refractivity contribution in [2.45, 2.75) is 26.7 Å². The van der Waals surface area contributed by atoms with Gasteiger partial charge in [0, 0.05) is 10.7 Å². The first-order valence-electron chi connectivity index (χ1n) is 4.82. The van der Waals surface area contributed by atoms with Crippen LogP contribution in [0.15, 0.2) is 0 Å². The Morgan fingerprint density at radius 1 is 1.40 bits per heavy atom. The molecule has 1 rings (SSSR count). The monoisotopic (exact) mass is 278 g/mol. The third kappa shape index (κ3) is 1.57. The minimum absolute atomic E-state index is 0.389. The van der Waals surface area contributed by atoms with Gasteiger partial charge in [-0.1, -0.05) is 22.9 Å². The third-order valence-corrected chi connectivity index (χ3v) is 5.18. The van der Waals surface area contributed by atoms with Crippen LogP contribution < -0.4 is 0 Å². The second-order valence-electron chi connectivity index (χ2n) is 4.62. The summed E-state index contributed by atoms with van der Waals surface area (Å²) in [6.07, 6.45) is 0.849. The van der Waals surface area contributed by atoms with Crippen molar-refractivity contribution in [1.29, 1.82) is 0 Å². The van der Waals surface area contributed by atoms with Crippen molar-refractivity contribution in [2.75, 3.05) is 5.33 Å². The van der Waals surface area contributed by atoms with Gasteiger partial charge in [0.15, 0.2) is 0 Å². The van der Waals surface area contributed by atoms with Gasteiger partial charge in [0.05, 0.1) is 11.3 Å². The maximum atomic E-state index is 11.3. The summed E-state index contributed by atoms with van der Waals surface area (Å²) in [5.41, 5.74) is -1.69. The van der Waals surface area contributed by atoms with Gasteiger partial charge in [0.25, 0.3) is 0 Å². The lowest BCUT2D eigenvalue weighted by Crippen LogP contribution is -2.46. The van der Waals surface area contributed by atoms with Crippen LogP contribution in [0.25, 0.3) is 0 Å². The van der Waals surface area contributed by atoms with Crippen LogP contribution in [0, 0.1) is 16.7 Å². The molecule has 0 aliphatic heterocycles. The van der Waals surface area contributed by atoms with Gasteiger partial charge < -0.3 is 10.2 Å². The number of rotatable bonds is 3. The van der Waals surface area contributed by atoms with E-state index in [1.165, 1.54) is 0 Å². The van der Waals surface area contributed by atoms with Crippen LogP contribution in [-0.4, -0.2) is 27.5 Å². The minimum atomic E-state index is -0.959. The van der Waals surface area contributed by atoms with E-state index in [-0.39, 0.29) is 0 Å². The molecule has 4 nitrogen and oxygen atoms in total. The van der Waals surface area contributed by atoms with Gasteiger partial charge in [0.1, 0.15) is 0 Å². The highest BCUT2D eigenvalue weighted by molar-refractivity contribution is 9.09. The second-order valence-corrected chi connectivity index (χ2v) is 5.18. The number of alkyl halides is 1. The van der Waals surface area contributed by atoms with Crippen molar-refractivity contribution in [1.82, 2.24) is 0 Å². The minimum Gasteiger partial charge on any atom is -0.481 e. The average molecular weight is 279 g/mol. The molecule has 1 saturated carbocycles. The fourth-order valence-electron chi connectivity index (χ4n) is 2.41. The molecule has 86 valence electrons. The molecule has 0 aromatic carbocycles. The SMILES string of the molecule is C[C@]1(CBr)[C@H](C(=O)O)CC[C@]1(C)C(=O)O. The van der Waals surface area contributed by atoms with Crippen molar-refractivity contribution in [3.8, 4) is 0 Å². The molecule has 0 unspecified atom stereocenters. The Labute approximate surface area is 96.8 Å². The Bertz CT molecular complexity index is 304. The zero-order chi connectivity index (χ0) is 11.9.